The topological polar surface area (TPSA) is 26.7 Å². The van der Waals surface area contributed by atoms with Crippen LogP contribution >= 0.6 is 11.3 Å². The lowest BCUT2D eigenvalue weighted by Crippen LogP contribution is -2.53. The van der Waals surface area contributed by atoms with E-state index in [-0.39, 0.29) is 12.6 Å². The van der Waals surface area contributed by atoms with Gasteiger partial charge in [0, 0.05) is 30.6 Å². The molecule has 0 aromatic carbocycles. The molecule has 0 saturated carbocycles. The van der Waals surface area contributed by atoms with Crippen molar-refractivity contribution in [2.45, 2.75) is 32.4 Å². The first-order valence-corrected chi connectivity index (χ1v) is 7.76. The van der Waals surface area contributed by atoms with Crippen LogP contribution in [0.3, 0.4) is 0 Å². The summed E-state index contributed by atoms with van der Waals surface area (Å²) < 4.78 is 0. The van der Waals surface area contributed by atoms with Crippen LogP contribution < -0.4 is 0 Å². The van der Waals surface area contributed by atoms with Gasteiger partial charge in [0.05, 0.1) is 12.6 Å². The van der Waals surface area contributed by atoms with E-state index in [9.17, 15) is 5.11 Å². The summed E-state index contributed by atoms with van der Waals surface area (Å²) in [5.74, 6) is 0. The van der Waals surface area contributed by atoms with Crippen LogP contribution in [0.2, 0.25) is 0 Å². The third kappa shape index (κ3) is 3.12. The van der Waals surface area contributed by atoms with Crippen molar-refractivity contribution in [2.75, 3.05) is 32.8 Å². The van der Waals surface area contributed by atoms with Crippen LogP contribution in [0, 0.1) is 0 Å². The number of aliphatic hydroxyl groups is 1. The number of thiophene rings is 1. The molecule has 1 aliphatic rings. The molecule has 0 aliphatic carbocycles. The summed E-state index contributed by atoms with van der Waals surface area (Å²) in [7, 11) is 0. The molecule has 18 heavy (non-hydrogen) atoms. The van der Waals surface area contributed by atoms with Gasteiger partial charge in [-0.05, 0) is 31.3 Å². The van der Waals surface area contributed by atoms with E-state index in [1.807, 2.05) is 0 Å². The first-order chi connectivity index (χ1) is 8.76. The van der Waals surface area contributed by atoms with E-state index in [2.05, 4.69) is 41.2 Å². The minimum absolute atomic E-state index is 0.184. The van der Waals surface area contributed by atoms with Crippen LogP contribution in [0.25, 0.3) is 0 Å². The zero-order chi connectivity index (χ0) is 13.0. The Balaban J connectivity index is 2.00. The minimum atomic E-state index is 0.184. The van der Waals surface area contributed by atoms with Gasteiger partial charge in [-0.15, -0.1) is 11.3 Å². The molecule has 1 fully saturated rings. The third-order valence-electron chi connectivity index (χ3n) is 3.75. The standard InChI is InChI=1S/C14H24N2OS/c1-3-6-15-7-8-16(12(2)10-15)13(11-17)14-5-4-9-18-14/h4-5,9,12-13,17H,3,6-8,10-11H2,1-2H3. The molecule has 1 aromatic heterocycles. The van der Waals surface area contributed by atoms with Gasteiger partial charge in [0.2, 0.25) is 0 Å². The van der Waals surface area contributed by atoms with E-state index in [1.165, 1.54) is 17.8 Å². The number of rotatable bonds is 5. The van der Waals surface area contributed by atoms with Gasteiger partial charge in [0.1, 0.15) is 0 Å². The number of nitrogens with zero attached hydrogens (tertiary/aromatic N) is 2. The fourth-order valence-corrected chi connectivity index (χ4v) is 3.71. The quantitative estimate of drug-likeness (QED) is 0.887. The fourth-order valence-electron chi connectivity index (χ4n) is 2.87. The van der Waals surface area contributed by atoms with Crippen LogP contribution in [0.15, 0.2) is 17.5 Å². The second-order valence-corrected chi connectivity index (χ2v) is 6.08. The molecule has 0 spiro atoms. The van der Waals surface area contributed by atoms with Crippen molar-refractivity contribution in [3.8, 4) is 0 Å². The van der Waals surface area contributed by atoms with Gasteiger partial charge < -0.3 is 10.0 Å². The monoisotopic (exact) mass is 268 g/mol. The average Bonchev–Trinajstić information content (AvgIpc) is 2.87. The van der Waals surface area contributed by atoms with E-state index in [0.29, 0.717) is 6.04 Å². The molecule has 4 heteroatoms. The predicted molar refractivity (Wildman–Crippen MR) is 77.0 cm³/mol. The van der Waals surface area contributed by atoms with Crippen LogP contribution in [0.5, 0.6) is 0 Å². The first-order valence-electron chi connectivity index (χ1n) is 6.88. The summed E-state index contributed by atoms with van der Waals surface area (Å²) >= 11 is 1.75. The number of hydrogen-bond donors (Lipinski definition) is 1. The number of piperazine rings is 1. The summed E-state index contributed by atoms with van der Waals surface area (Å²) in [6.45, 7) is 9.23. The van der Waals surface area contributed by atoms with Crippen LogP contribution in [-0.2, 0) is 0 Å². The normalized spacial score (nSPS) is 24.3. The Labute approximate surface area is 114 Å². The summed E-state index contributed by atoms with van der Waals surface area (Å²) in [5.41, 5.74) is 0. The molecule has 0 amide bonds. The summed E-state index contributed by atoms with van der Waals surface area (Å²) in [4.78, 5) is 6.27. The zero-order valence-corrected chi connectivity index (χ0v) is 12.2. The van der Waals surface area contributed by atoms with Crippen molar-refractivity contribution in [1.29, 1.82) is 0 Å². The minimum Gasteiger partial charge on any atom is -0.394 e. The molecule has 2 atom stereocenters. The molecule has 102 valence electrons. The molecule has 3 nitrogen and oxygen atoms in total. The molecule has 2 heterocycles. The number of hydrogen-bond acceptors (Lipinski definition) is 4. The van der Waals surface area contributed by atoms with Crippen LogP contribution in [-0.4, -0.2) is 53.7 Å². The van der Waals surface area contributed by atoms with Gasteiger partial charge in [-0.1, -0.05) is 13.0 Å². The molecule has 1 aromatic rings. The largest absolute Gasteiger partial charge is 0.394 e. The van der Waals surface area contributed by atoms with Gasteiger partial charge >= 0.3 is 0 Å². The molecule has 1 N–H and O–H groups in total. The zero-order valence-electron chi connectivity index (χ0n) is 11.4. The molecular formula is C14H24N2OS. The molecule has 0 bridgehead atoms. The Morgan fingerprint density at radius 3 is 2.89 bits per heavy atom. The second-order valence-electron chi connectivity index (χ2n) is 5.10. The maximum absolute atomic E-state index is 9.69. The lowest BCUT2D eigenvalue weighted by molar-refractivity contribution is 0.0266. The third-order valence-corrected chi connectivity index (χ3v) is 4.72. The molecule has 2 rings (SSSR count). The van der Waals surface area contributed by atoms with Gasteiger partial charge in [-0.25, -0.2) is 0 Å². The lowest BCUT2D eigenvalue weighted by atomic mass is 10.1. The molecule has 1 saturated heterocycles. The average molecular weight is 268 g/mol. The smallest absolute Gasteiger partial charge is 0.0677 e. The maximum Gasteiger partial charge on any atom is 0.0677 e. The molecular weight excluding hydrogens is 244 g/mol. The van der Waals surface area contributed by atoms with Crippen molar-refractivity contribution in [1.82, 2.24) is 9.80 Å². The second kappa shape index (κ2) is 6.66. The van der Waals surface area contributed by atoms with Crippen molar-refractivity contribution >= 4 is 11.3 Å². The SMILES string of the molecule is CCCN1CCN(C(CO)c2cccs2)C(C)C1. The Hall–Kier alpha value is -0.420. The number of aliphatic hydroxyl groups excluding tert-OH is 1. The molecule has 2 unspecified atom stereocenters. The summed E-state index contributed by atoms with van der Waals surface area (Å²) in [6, 6.07) is 4.91. The molecule has 1 aliphatic heterocycles. The Morgan fingerprint density at radius 2 is 2.33 bits per heavy atom. The summed E-state index contributed by atoms with van der Waals surface area (Å²) in [5, 5.41) is 11.8. The van der Waals surface area contributed by atoms with Gasteiger partial charge in [0.25, 0.3) is 0 Å². The van der Waals surface area contributed by atoms with Crippen molar-refractivity contribution in [3.05, 3.63) is 22.4 Å². The highest BCUT2D eigenvalue weighted by Crippen LogP contribution is 2.28. The highest BCUT2D eigenvalue weighted by atomic mass is 32.1. The fraction of sp³-hybridized carbons (Fsp3) is 0.714. The van der Waals surface area contributed by atoms with Crippen LogP contribution in [0.1, 0.15) is 31.2 Å². The summed E-state index contributed by atoms with van der Waals surface area (Å²) in [6.07, 6.45) is 1.22. The Morgan fingerprint density at radius 1 is 1.50 bits per heavy atom. The molecule has 0 radical (unpaired) electrons. The van der Waals surface area contributed by atoms with Gasteiger partial charge in [-0.3, -0.25) is 4.90 Å². The van der Waals surface area contributed by atoms with Crippen molar-refractivity contribution in [3.63, 3.8) is 0 Å². The predicted octanol–water partition coefficient (Wildman–Crippen LogP) is 2.20. The van der Waals surface area contributed by atoms with Crippen molar-refractivity contribution in [2.24, 2.45) is 0 Å². The van der Waals surface area contributed by atoms with E-state index in [1.54, 1.807) is 11.3 Å². The highest BCUT2D eigenvalue weighted by molar-refractivity contribution is 7.10. The van der Waals surface area contributed by atoms with Gasteiger partial charge in [0.15, 0.2) is 0 Å². The van der Waals surface area contributed by atoms with E-state index < -0.39 is 0 Å². The van der Waals surface area contributed by atoms with Crippen molar-refractivity contribution < 1.29 is 5.11 Å². The Bertz CT molecular complexity index is 342. The van der Waals surface area contributed by atoms with E-state index in [0.717, 1.165) is 19.6 Å². The maximum atomic E-state index is 9.69. The highest BCUT2D eigenvalue weighted by Gasteiger charge is 2.29. The first kappa shape index (κ1) is 14.0. The van der Waals surface area contributed by atoms with E-state index in [4.69, 9.17) is 0 Å². The van der Waals surface area contributed by atoms with E-state index >= 15 is 0 Å². The van der Waals surface area contributed by atoms with Crippen LogP contribution in [0.4, 0.5) is 0 Å². The van der Waals surface area contributed by atoms with Gasteiger partial charge in [-0.2, -0.15) is 0 Å². The Kier molecular flexibility index (Phi) is 5.18. The lowest BCUT2D eigenvalue weighted by Gasteiger charge is -2.43.